The number of anilines is 1. The van der Waals surface area contributed by atoms with E-state index < -0.39 is 0 Å². The molecule has 28 heavy (non-hydrogen) atoms. The summed E-state index contributed by atoms with van der Waals surface area (Å²) in [5.74, 6) is -0.272. The van der Waals surface area contributed by atoms with Crippen molar-refractivity contribution in [1.29, 1.82) is 0 Å². The number of piperazine rings is 1. The molecule has 0 atom stereocenters. The van der Waals surface area contributed by atoms with Gasteiger partial charge in [0.1, 0.15) is 12.2 Å². The predicted molar refractivity (Wildman–Crippen MR) is 107 cm³/mol. The van der Waals surface area contributed by atoms with Crippen LogP contribution in [0.2, 0.25) is 0 Å². The van der Waals surface area contributed by atoms with Crippen molar-refractivity contribution in [3.05, 3.63) is 53.3 Å². The Morgan fingerprint density at radius 3 is 2.32 bits per heavy atom. The highest BCUT2D eigenvalue weighted by Gasteiger charge is 2.25. The maximum Gasteiger partial charge on any atom is 0.270 e. The van der Waals surface area contributed by atoms with Crippen LogP contribution in [0.5, 0.6) is 0 Å². The largest absolute Gasteiger partial charge is 0.339 e. The molecule has 0 radical (unpaired) electrons. The minimum absolute atomic E-state index is 0.0265. The van der Waals surface area contributed by atoms with Gasteiger partial charge in [-0.15, -0.1) is 0 Å². The van der Waals surface area contributed by atoms with E-state index in [4.69, 9.17) is 0 Å². The van der Waals surface area contributed by atoms with Crippen molar-refractivity contribution in [3.63, 3.8) is 0 Å². The zero-order valence-corrected chi connectivity index (χ0v) is 16.6. The van der Waals surface area contributed by atoms with E-state index in [1.54, 1.807) is 32.7 Å². The highest BCUT2D eigenvalue weighted by Crippen LogP contribution is 2.18. The first-order valence-electron chi connectivity index (χ1n) is 9.43. The monoisotopic (exact) mass is 382 g/mol. The molecule has 0 bridgehead atoms. The zero-order chi connectivity index (χ0) is 20.3. The topological polar surface area (TPSA) is 74.7 Å². The lowest BCUT2D eigenvalue weighted by molar-refractivity contribution is -0.130. The molecule has 1 fully saturated rings. The number of carbonyl (C=O) groups excluding carboxylic acids is 3. The number of hydrogen-bond acceptors (Lipinski definition) is 3. The van der Waals surface area contributed by atoms with Crippen molar-refractivity contribution < 1.29 is 14.4 Å². The lowest BCUT2D eigenvalue weighted by Crippen LogP contribution is -2.50. The lowest BCUT2D eigenvalue weighted by atomic mass is 10.1. The Morgan fingerprint density at radius 1 is 0.964 bits per heavy atom. The van der Waals surface area contributed by atoms with Crippen LogP contribution in [0.3, 0.4) is 0 Å². The van der Waals surface area contributed by atoms with Crippen molar-refractivity contribution in [2.24, 2.45) is 0 Å². The van der Waals surface area contributed by atoms with Gasteiger partial charge >= 0.3 is 0 Å². The smallest absolute Gasteiger partial charge is 0.270 e. The molecule has 0 spiro atoms. The van der Waals surface area contributed by atoms with E-state index in [1.165, 1.54) is 6.92 Å². The van der Waals surface area contributed by atoms with Gasteiger partial charge < -0.3 is 19.7 Å². The van der Waals surface area contributed by atoms with Crippen LogP contribution >= 0.6 is 0 Å². The molecule has 1 aromatic carbocycles. The molecule has 3 rings (SSSR count). The SMILES string of the molecule is CC(=O)N1CCN(C(=O)c2cccn2CC(=O)Nc2cccc(C)c2C)CC1. The average molecular weight is 382 g/mol. The summed E-state index contributed by atoms with van der Waals surface area (Å²) in [4.78, 5) is 40.3. The summed E-state index contributed by atoms with van der Waals surface area (Å²) in [5.41, 5.74) is 3.40. The number of aromatic nitrogens is 1. The van der Waals surface area contributed by atoms with E-state index in [-0.39, 0.29) is 24.3 Å². The van der Waals surface area contributed by atoms with Crippen LogP contribution < -0.4 is 5.32 Å². The molecule has 148 valence electrons. The third-order valence-corrected chi connectivity index (χ3v) is 5.25. The zero-order valence-electron chi connectivity index (χ0n) is 16.6. The fourth-order valence-electron chi connectivity index (χ4n) is 3.36. The summed E-state index contributed by atoms with van der Waals surface area (Å²) in [5, 5.41) is 2.92. The molecule has 7 heteroatoms. The number of aryl methyl sites for hydroxylation is 1. The average Bonchev–Trinajstić information content (AvgIpc) is 3.13. The summed E-state index contributed by atoms with van der Waals surface area (Å²) >= 11 is 0. The molecule has 1 aliphatic heterocycles. The van der Waals surface area contributed by atoms with E-state index in [2.05, 4.69) is 5.32 Å². The molecule has 1 N–H and O–H groups in total. The molecule has 3 amide bonds. The molecule has 0 unspecified atom stereocenters. The normalized spacial score (nSPS) is 14.1. The molecule has 1 aromatic heterocycles. The van der Waals surface area contributed by atoms with Gasteiger partial charge in [0.25, 0.3) is 5.91 Å². The van der Waals surface area contributed by atoms with Crippen molar-refractivity contribution in [2.75, 3.05) is 31.5 Å². The Bertz CT molecular complexity index is 895. The molecule has 2 heterocycles. The van der Waals surface area contributed by atoms with E-state index in [0.717, 1.165) is 16.8 Å². The standard InChI is InChI=1S/C21H26N4O3/c1-15-6-4-7-18(16(15)2)22-20(27)14-25-9-5-8-19(25)21(28)24-12-10-23(11-13-24)17(3)26/h4-9H,10-14H2,1-3H3,(H,22,27). The lowest BCUT2D eigenvalue weighted by Gasteiger charge is -2.34. The molecular formula is C21H26N4O3. The third kappa shape index (κ3) is 4.24. The molecule has 1 aliphatic rings. The summed E-state index contributed by atoms with van der Waals surface area (Å²) in [6.07, 6.45) is 1.74. The fraction of sp³-hybridized carbons (Fsp3) is 0.381. The first kappa shape index (κ1) is 19.7. The molecule has 2 aromatic rings. The molecule has 7 nitrogen and oxygen atoms in total. The Kier molecular flexibility index (Phi) is 5.82. The number of hydrogen-bond donors (Lipinski definition) is 1. The Morgan fingerprint density at radius 2 is 1.64 bits per heavy atom. The number of nitrogens with one attached hydrogen (secondary N) is 1. The predicted octanol–water partition coefficient (Wildman–Crippen LogP) is 2.05. The quantitative estimate of drug-likeness (QED) is 0.879. The first-order chi connectivity index (χ1) is 13.4. The van der Waals surface area contributed by atoms with E-state index in [9.17, 15) is 14.4 Å². The number of rotatable bonds is 4. The van der Waals surface area contributed by atoms with Crippen molar-refractivity contribution in [3.8, 4) is 0 Å². The number of carbonyl (C=O) groups is 3. The van der Waals surface area contributed by atoms with Gasteiger partial charge in [-0.3, -0.25) is 14.4 Å². The van der Waals surface area contributed by atoms with Gasteiger partial charge in [-0.05, 0) is 43.2 Å². The van der Waals surface area contributed by atoms with Crippen LogP contribution in [0.15, 0.2) is 36.5 Å². The van der Waals surface area contributed by atoms with Crippen LogP contribution in [0.1, 0.15) is 28.5 Å². The maximum absolute atomic E-state index is 12.9. The van der Waals surface area contributed by atoms with Gasteiger partial charge in [0.05, 0.1) is 0 Å². The Balaban J connectivity index is 1.65. The van der Waals surface area contributed by atoms with Gasteiger partial charge in [-0.2, -0.15) is 0 Å². The second-order valence-electron chi connectivity index (χ2n) is 7.12. The minimum Gasteiger partial charge on any atom is -0.339 e. The minimum atomic E-state index is -0.180. The van der Waals surface area contributed by atoms with Crippen LogP contribution in [-0.2, 0) is 16.1 Å². The molecule has 1 saturated heterocycles. The van der Waals surface area contributed by atoms with Crippen LogP contribution in [0.25, 0.3) is 0 Å². The fourth-order valence-corrected chi connectivity index (χ4v) is 3.36. The second kappa shape index (κ2) is 8.29. The van der Waals surface area contributed by atoms with Crippen molar-refractivity contribution in [2.45, 2.75) is 27.3 Å². The van der Waals surface area contributed by atoms with Gasteiger partial charge in [0, 0.05) is 45.0 Å². The van der Waals surface area contributed by atoms with Gasteiger partial charge in [-0.25, -0.2) is 0 Å². The van der Waals surface area contributed by atoms with Crippen molar-refractivity contribution in [1.82, 2.24) is 14.4 Å². The van der Waals surface area contributed by atoms with Gasteiger partial charge in [0.2, 0.25) is 11.8 Å². The van der Waals surface area contributed by atoms with Crippen LogP contribution in [0.4, 0.5) is 5.69 Å². The highest BCUT2D eigenvalue weighted by atomic mass is 16.2. The first-order valence-corrected chi connectivity index (χ1v) is 9.43. The van der Waals surface area contributed by atoms with Gasteiger partial charge in [0.15, 0.2) is 0 Å². The highest BCUT2D eigenvalue weighted by molar-refractivity contribution is 5.95. The maximum atomic E-state index is 12.9. The second-order valence-corrected chi connectivity index (χ2v) is 7.12. The number of nitrogens with zero attached hydrogens (tertiary/aromatic N) is 3. The van der Waals surface area contributed by atoms with Gasteiger partial charge in [-0.1, -0.05) is 12.1 Å². The van der Waals surface area contributed by atoms with Crippen molar-refractivity contribution >= 4 is 23.4 Å². The number of amides is 3. The summed E-state index contributed by atoms with van der Waals surface area (Å²) in [6.45, 7) is 7.64. The Hall–Kier alpha value is -3.09. The molecule has 0 aliphatic carbocycles. The molecular weight excluding hydrogens is 356 g/mol. The summed E-state index contributed by atoms with van der Waals surface area (Å²) < 4.78 is 1.67. The third-order valence-electron chi connectivity index (χ3n) is 5.25. The van der Waals surface area contributed by atoms with E-state index in [1.807, 2.05) is 32.0 Å². The van der Waals surface area contributed by atoms with E-state index in [0.29, 0.717) is 31.9 Å². The van der Waals surface area contributed by atoms with Crippen LogP contribution in [0, 0.1) is 13.8 Å². The van der Waals surface area contributed by atoms with E-state index >= 15 is 0 Å². The summed E-state index contributed by atoms with van der Waals surface area (Å²) in [7, 11) is 0. The number of benzene rings is 1. The molecule has 0 saturated carbocycles. The Labute approximate surface area is 164 Å². The summed E-state index contributed by atoms with van der Waals surface area (Å²) in [6, 6.07) is 9.27. The van der Waals surface area contributed by atoms with Crippen LogP contribution in [-0.4, -0.2) is 58.3 Å².